The van der Waals surface area contributed by atoms with Gasteiger partial charge in [-0.25, -0.2) is 4.98 Å². The number of fused-ring (bicyclic) bond motifs is 1. The first-order valence-corrected chi connectivity index (χ1v) is 12.5. The molecule has 4 rings (SSSR count). The van der Waals surface area contributed by atoms with Crippen molar-refractivity contribution in [1.82, 2.24) is 14.9 Å². The first-order valence-electron chi connectivity index (χ1n) is 12.5. The molecule has 1 saturated heterocycles. The number of piperidine rings is 1. The first-order chi connectivity index (χ1) is 17.0. The zero-order chi connectivity index (χ0) is 24.6. The third-order valence-electron chi connectivity index (χ3n) is 7.21. The van der Waals surface area contributed by atoms with Gasteiger partial charge in [0, 0.05) is 31.0 Å². The van der Waals surface area contributed by atoms with Crippen LogP contribution in [0.5, 0.6) is 5.75 Å². The van der Waals surface area contributed by atoms with Crippen molar-refractivity contribution in [3.05, 3.63) is 54.4 Å². The van der Waals surface area contributed by atoms with Crippen molar-refractivity contribution < 1.29 is 24.2 Å². The summed E-state index contributed by atoms with van der Waals surface area (Å²) in [5.41, 5.74) is 1.69. The van der Waals surface area contributed by atoms with Crippen LogP contribution in [-0.4, -0.2) is 57.8 Å². The molecule has 2 aromatic heterocycles. The molecule has 8 heteroatoms. The highest BCUT2D eigenvalue weighted by Crippen LogP contribution is 2.35. The maximum Gasteiger partial charge on any atom is 0.303 e. The molecule has 188 valence electrons. The van der Waals surface area contributed by atoms with Crippen molar-refractivity contribution in [2.75, 3.05) is 26.7 Å². The molecule has 0 amide bonds. The molecule has 0 radical (unpaired) electrons. The van der Waals surface area contributed by atoms with Crippen LogP contribution in [0.15, 0.2) is 47.3 Å². The van der Waals surface area contributed by atoms with Crippen LogP contribution < -0.4 is 4.74 Å². The number of aliphatic hydroxyl groups excluding tert-OH is 1. The normalized spacial score (nSPS) is 19.6. The highest BCUT2D eigenvalue weighted by Gasteiger charge is 2.30. The standard InChI is InChI=1S/C27H35N3O5/c1-34-21-6-7-24-23(17-21)22(10-12-28-24)25(31)8-4-19-11-15-30(18-20(19)5-9-27(32)33)14-2-3-26-29-13-16-35-26/h6-7,10,12-13,16-17,19-20,25,31H,2-5,8-9,11,14-15,18H2,1H3,(H,32,33)/t19?,20?,25-/m0/s1. The first kappa shape index (κ1) is 25.1. The number of hydrogen-bond donors (Lipinski definition) is 2. The van der Waals surface area contributed by atoms with Crippen LogP contribution in [0, 0.1) is 11.8 Å². The Labute approximate surface area is 205 Å². The van der Waals surface area contributed by atoms with E-state index in [1.165, 1.54) is 0 Å². The molecule has 1 fully saturated rings. The number of benzene rings is 1. The van der Waals surface area contributed by atoms with Gasteiger partial charge in [0.2, 0.25) is 0 Å². The summed E-state index contributed by atoms with van der Waals surface area (Å²) < 4.78 is 10.7. The molecule has 0 spiro atoms. The van der Waals surface area contributed by atoms with Gasteiger partial charge in [-0.2, -0.15) is 0 Å². The number of pyridine rings is 1. The van der Waals surface area contributed by atoms with E-state index in [0.29, 0.717) is 24.7 Å². The van der Waals surface area contributed by atoms with E-state index < -0.39 is 12.1 Å². The summed E-state index contributed by atoms with van der Waals surface area (Å²) in [5, 5.41) is 21.3. The number of aliphatic carboxylic acids is 1. The summed E-state index contributed by atoms with van der Waals surface area (Å²) in [6.45, 7) is 2.84. The average Bonchev–Trinajstić information content (AvgIpc) is 3.39. The van der Waals surface area contributed by atoms with Gasteiger partial charge in [0.1, 0.15) is 12.0 Å². The van der Waals surface area contributed by atoms with Gasteiger partial charge < -0.3 is 24.3 Å². The van der Waals surface area contributed by atoms with Crippen LogP contribution in [0.25, 0.3) is 10.9 Å². The largest absolute Gasteiger partial charge is 0.497 e. The number of hydrogen-bond acceptors (Lipinski definition) is 7. The van der Waals surface area contributed by atoms with Crippen LogP contribution >= 0.6 is 0 Å². The summed E-state index contributed by atoms with van der Waals surface area (Å²) in [6.07, 6.45) is 9.54. The number of rotatable bonds is 12. The fourth-order valence-corrected chi connectivity index (χ4v) is 5.30. The van der Waals surface area contributed by atoms with E-state index in [4.69, 9.17) is 9.15 Å². The summed E-state index contributed by atoms with van der Waals surface area (Å²) >= 11 is 0. The highest BCUT2D eigenvalue weighted by molar-refractivity contribution is 5.83. The Balaban J connectivity index is 1.36. The molecule has 0 aliphatic carbocycles. The quantitative estimate of drug-likeness (QED) is 0.390. The minimum atomic E-state index is -0.748. The van der Waals surface area contributed by atoms with Gasteiger partial charge >= 0.3 is 5.97 Å². The molecule has 2 N–H and O–H groups in total. The Morgan fingerprint density at radius 2 is 2.11 bits per heavy atom. The van der Waals surface area contributed by atoms with Crippen LogP contribution in [0.2, 0.25) is 0 Å². The van der Waals surface area contributed by atoms with E-state index in [2.05, 4.69) is 14.9 Å². The summed E-state index contributed by atoms with van der Waals surface area (Å²) in [4.78, 5) is 22.3. The number of carbonyl (C=O) groups is 1. The highest BCUT2D eigenvalue weighted by atomic mass is 16.5. The third kappa shape index (κ3) is 6.80. The molecule has 3 aromatic rings. The fraction of sp³-hybridized carbons (Fsp3) is 0.519. The number of nitrogens with zero attached hydrogens (tertiary/aromatic N) is 3. The molecule has 0 bridgehead atoms. The van der Waals surface area contributed by atoms with E-state index in [1.54, 1.807) is 25.8 Å². The van der Waals surface area contributed by atoms with Crippen molar-refractivity contribution in [2.24, 2.45) is 11.8 Å². The number of aryl methyl sites for hydroxylation is 1. The van der Waals surface area contributed by atoms with E-state index in [0.717, 1.165) is 73.4 Å². The molecule has 8 nitrogen and oxygen atoms in total. The van der Waals surface area contributed by atoms with Crippen molar-refractivity contribution in [2.45, 2.75) is 51.0 Å². The smallest absolute Gasteiger partial charge is 0.303 e. The Hall–Kier alpha value is -2.97. The number of carboxylic acid groups (broad SMARTS) is 1. The van der Waals surface area contributed by atoms with Gasteiger partial charge in [-0.05, 0) is 86.9 Å². The Morgan fingerprint density at radius 3 is 2.89 bits per heavy atom. The molecule has 1 aromatic carbocycles. The van der Waals surface area contributed by atoms with Gasteiger partial charge in [0.05, 0.1) is 24.9 Å². The van der Waals surface area contributed by atoms with E-state index in [1.807, 2.05) is 24.3 Å². The second-order valence-corrected chi connectivity index (χ2v) is 9.45. The van der Waals surface area contributed by atoms with Crippen LogP contribution in [0.4, 0.5) is 0 Å². The van der Waals surface area contributed by atoms with Crippen molar-refractivity contribution in [3.63, 3.8) is 0 Å². The Bertz CT molecular complexity index is 1090. The summed E-state index contributed by atoms with van der Waals surface area (Å²) in [5.74, 6) is 1.46. The molecular formula is C27H35N3O5. The maximum atomic E-state index is 11.3. The lowest BCUT2D eigenvalue weighted by atomic mass is 9.79. The average molecular weight is 482 g/mol. The SMILES string of the molecule is COc1ccc2nccc([C@@H](O)CCC3CCN(CCCc4ncco4)CC3CCC(=O)O)c2c1. The predicted molar refractivity (Wildman–Crippen MR) is 132 cm³/mol. The number of carboxylic acids is 1. The van der Waals surface area contributed by atoms with Crippen molar-refractivity contribution >= 4 is 16.9 Å². The van der Waals surface area contributed by atoms with Crippen molar-refractivity contribution in [1.29, 1.82) is 0 Å². The van der Waals surface area contributed by atoms with Gasteiger partial charge in [-0.1, -0.05) is 0 Å². The number of ether oxygens (including phenoxy) is 1. The molecule has 1 aliphatic heterocycles. The predicted octanol–water partition coefficient (Wildman–Crippen LogP) is 4.48. The number of oxazole rings is 1. The van der Waals surface area contributed by atoms with E-state index >= 15 is 0 Å². The van der Waals surface area contributed by atoms with E-state index in [9.17, 15) is 15.0 Å². The summed E-state index contributed by atoms with van der Waals surface area (Å²) in [7, 11) is 1.63. The lowest BCUT2D eigenvalue weighted by Gasteiger charge is -2.39. The molecule has 3 atom stereocenters. The van der Waals surface area contributed by atoms with E-state index in [-0.39, 0.29) is 6.42 Å². The molecule has 1 aliphatic rings. The molecule has 35 heavy (non-hydrogen) atoms. The molecule has 0 saturated carbocycles. The minimum Gasteiger partial charge on any atom is -0.497 e. The second kappa shape index (κ2) is 12.1. The lowest BCUT2D eigenvalue weighted by molar-refractivity contribution is -0.137. The molecule has 2 unspecified atom stereocenters. The van der Waals surface area contributed by atoms with Gasteiger partial charge in [0.15, 0.2) is 5.89 Å². The molecular weight excluding hydrogens is 446 g/mol. The minimum absolute atomic E-state index is 0.183. The Kier molecular flexibility index (Phi) is 8.71. The monoisotopic (exact) mass is 481 g/mol. The Morgan fingerprint density at radius 1 is 1.23 bits per heavy atom. The van der Waals surface area contributed by atoms with Crippen LogP contribution in [0.1, 0.15) is 56.1 Å². The second-order valence-electron chi connectivity index (χ2n) is 9.45. The topological polar surface area (TPSA) is 109 Å². The number of methoxy groups -OCH3 is 1. The lowest BCUT2D eigenvalue weighted by Crippen LogP contribution is -2.41. The van der Waals surface area contributed by atoms with Gasteiger partial charge in [0.25, 0.3) is 0 Å². The van der Waals surface area contributed by atoms with Crippen molar-refractivity contribution in [3.8, 4) is 5.75 Å². The third-order valence-corrected chi connectivity index (χ3v) is 7.21. The fourth-order valence-electron chi connectivity index (χ4n) is 5.30. The number of aliphatic hydroxyl groups is 1. The van der Waals surface area contributed by atoms with Crippen LogP contribution in [-0.2, 0) is 11.2 Å². The zero-order valence-electron chi connectivity index (χ0n) is 20.3. The van der Waals surface area contributed by atoms with Gasteiger partial charge in [-0.3, -0.25) is 9.78 Å². The maximum absolute atomic E-state index is 11.3. The number of aromatic nitrogens is 2. The van der Waals surface area contributed by atoms with Crippen LogP contribution in [0.3, 0.4) is 0 Å². The molecule has 3 heterocycles. The summed E-state index contributed by atoms with van der Waals surface area (Å²) in [6, 6.07) is 7.58. The van der Waals surface area contributed by atoms with Gasteiger partial charge in [-0.15, -0.1) is 0 Å². The number of likely N-dealkylation sites (tertiary alicyclic amines) is 1. The zero-order valence-corrected chi connectivity index (χ0v) is 20.3.